The second kappa shape index (κ2) is 6.93. The smallest absolute Gasteiger partial charge is 0.174 e. The number of phenols is 3. The summed E-state index contributed by atoms with van der Waals surface area (Å²) in [5, 5.41) is 31.3. The lowest BCUT2D eigenvalue weighted by Crippen LogP contribution is -2.22. The summed E-state index contributed by atoms with van der Waals surface area (Å²) >= 11 is 0. The van der Waals surface area contributed by atoms with E-state index >= 15 is 0 Å². The van der Waals surface area contributed by atoms with Crippen molar-refractivity contribution in [2.24, 2.45) is 0 Å². The standard InChI is InChI=1S/C23H20O5/c1-13-21(26)16(11-15-9-5-6-10-17(15)24)23-20(22(13)27)18(25)12-19(28-23)14-7-3-2-4-8-14/h2-10,19,24,26-27H,11-12H2,1H3/t19-/m1/s1. The van der Waals surface area contributed by atoms with E-state index in [0.717, 1.165) is 5.56 Å². The van der Waals surface area contributed by atoms with Gasteiger partial charge in [0.1, 0.15) is 34.7 Å². The van der Waals surface area contributed by atoms with Crippen molar-refractivity contribution in [3.8, 4) is 23.0 Å². The number of hydrogen-bond donors (Lipinski definition) is 3. The van der Waals surface area contributed by atoms with Gasteiger partial charge in [0.05, 0.1) is 6.42 Å². The molecule has 5 nitrogen and oxygen atoms in total. The predicted octanol–water partition coefficient (Wildman–Crippen LogP) is 4.41. The van der Waals surface area contributed by atoms with Crippen molar-refractivity contribution in [2.75, 3.05) is 0 Å². The van der Waals surface area contributed by atoms with Gasteiger partial charge in [-0.2, -0.15) is 0 Å². The van der Waals surface area contributed by atoms with Crippen LogP contribution in [0.1, 0.15) is 45.1 Å². The van der Waals surface area contributed by atoms with Crippen molar-refractivity contribution in [3.05, 3.63) is 82.4 Å². The van der Waals surface area contributed by atoms with E-state index in [1.165, 1.54) is 0 Å². The fraction of sp³-hybridized carbons (Fsp3) is 0.174. The van der Waals surface area contributed by atoms with Crippen LogP contribution in [0.4, 0.5) is 0 Å². The fourth-order valence-corrected chi connectivity index (χ4v) is 3.60. The van der Waals surface area contributed by atoms with Crippen LogP contribution in [0.2, 0.25) is 0 Å². The minimum Gasteiger partial charge on any atom is -0.508 e. The van der Waals surface area contributed by atoms with Crippen LogP contribution in [-0.2, 0) is 6.42 Å². The van der Waals surface area contributed by atoms with Crippen molar-refractivity contribution in [3.63, 3.8) is 0 Å². The molecule has 0 aromatic heterocycles. The van der Waals surface area contributed by atoms with Crippen molar-refractivity contribution in [1.82, 2.24) is 0 Å². The largest absolute Gasteiger partial charge is 0.508 e. The van der Waals surface area contributed by atoms with Crippen LogP contribution in [0.25, 0.3) is 0 Å². The number of carbonyl (C=O) groups excluding carboxylic acids is 1. The summed E-state index contributed by atoms with van der Waals surface area (Å²) in [6.07, 6.45) is -0.243. The van der Waals surface area contributed by atoms with E-state index in [2.05, 4.69) is 0 Å². The molecule has 28 heavy (non-hydrogen) atoms. The van der Waals surface area contributed by atoms with Gasteiger partial charge in [-0.05, 0) is 24.1 Å². The molecule has 1 heterocycles. The highest BCUT2D eigenvalue weighted by Gasteiger charge is 2.35. The Labute approximate surface area is 162 Å². The molecule has 142 valence electrons. The Morgan fingerprint density at radius 1 is 0.964 bits per heavy atom. The zero-order chi connectivity index (χ0) is 19.8. The van der Waals surface area contributed by atoms with Crippen molar-refractivity contribution < 1.29 is 24.9 Å². The number of aromatic hydroxyl groups is 3. The first kappa shape index (κ1) is 17.9. The van der Waals surface area contributed by atoms with Crippen LogP contribution in [0.15, 0.2) is 54.6 Å². The zero-order valence-electron chi connectivity index (χ0n) is 15.3. The molecule has 3 N–H and O–H groups in total. The third kappa shape index (κ3) is 2.95. The van der Waals surface area contributed by atoms with E-state index in [1.807, 2.05) is 30.3 Å². The average molecular weight is 376 g/mol. The Balaban J connectivity index is 1.86. The molecule has 0 amide bonds. The summed E-state index contributed by atoms with van der Waals surface area (Å²) in [4.78, 5) is 12.9. The van der Waals surface area contributed by atoms with Crippen molar-refractivity contribution >= 4 is 5.78 Å². The Kier molecular flexibility index (Phi) is 4.43. The van der Waals surface area contributed by atoms with Gasteiger partial charge in [-0.25, -0.2) is 0 Å². The Morgan fingerprint density at radius 3 is 2.36 bits per heavy atom. The number of ketones is 1. The van der Waals surface area contributed by atoms with Gasteiger partial charge < -0.3 is 20.1 Å². The highest BCUT2D eigenvalue weighted by Crippen LogP contribution is 2.48. The van der Waals surface area contributed by atoms with Crippen LogP contribution >= 0.6 is 0 Å². The third-order valence-electron chi connectivity index (χ3n) is 5.17. The molecule has 0 saturated carbocycles. The molecular weight excluding hydrogens is 356 g/mol. The maximum Gasteiger partial charge on any atom is 0.174 e. The molecule has 4 rings (SSSR count). The fourth-order valence-electron chi connectivity index (χ4n) is 3.60. The predicted molar refractivity (Wildman–Crippen MR) is 104 cm³/mol. The molecule has 3 aromatic rings. The molecule has 1 aliphatic rings. The SMILES string of the molecule is Cc1c(O)c(Cc2ccccc2O)c2c(c1O)C(=O)C[C@H](c1ccccc1)O2. The van der Waals surface area contributed by atoms with E-state index in [0.29, 0.717) is 11.1 Å². The lowest BCUT2D eigenvalue weighted by Gasteiger charge is -2.29. The topological polar surface area (TPSA) is 87.0 Å². The number of hydrogen-bond acceptors (Lipinski definition) is 5. The first-order valence-electron chi connectivity index (χ1n) is 9.06. The first-order chi connectivity index (χ1) is 13.5. The molecular formula is C23H20O5. The van der Waals surface area contributed by atoms with Gasteiger partial charge in [-0.3, -0.25) is 4.79 Å². The molecule has 1 atom stereocenters. The van der Waals surface area contributed by atoms with Crippen molar-refractivity contribution in [2.45, 2.75) is 25.9 Å². The maximum atomic E-state index is 12.9. The third-order valence-corrected chi connectivity index (χ3v) is 5.17. The minimum atomic E-state index is -0.508. The Hall–Kier alpha value is -3.47. The van der Waals surface area contributed by atoms with Gasteiger partial charge in [0.15, 0.2) is 5.78 Å². The highest BCUT2D eigenvalue weighted by atomic mass is 16.5. The summed E-state index contributed by atoms with van der Waals surface area (Å²) in [6.45, 7) is 1.55. The van der Waals surface area contributed by atoms with Gasteiger partial charge in [0, 0.05) is 17.5 Å². The van der Waals surface area contributed by atoms with E-state index in [4.69, 9.17) is 4.74 Å². The minimum absolute atomic E-state index is 0.0862. The Morgan fingerprint density at radius 2 is 1.64 bits per heavy atom. The number of carbonyl (C=O) groups is 1. The second-order valence-electron chi connectivity index (χ2n) is 6.95. The van der Waals surface area contributed by atoms with Crippen LogP contribution in [0.5, 0.6) is 23.0 Å². The average Bonchev–Trinajstić information content (AvgIpc) is 2.71. The summed E-state index contributed by atoms with van der Waals surface area (Å²) in [7, 11) is 0. The van der Waals surface area contributed by atoms with E-state index in [9.17, 15) is 20.1 Å². The first-order valence-corrected chi connectivity index (χ1v) is 9.06. The molecule has 5 heteroatoms. The van der Waals surface area contributed by atoms with E-state index in [1.54, 1.807) is 31.2 Å². The molecule has 0 radical (unpaired) electrons. The van der Waals surface area contributed by atoms with Crippen LogP contribution in [0, 0.1) is 6.92 Å². The zero-order valence-corrected chi connectivity index (χ0v) is 15.3. The Bertz CT molecular complexity index is 1060. The van der Waals surface area contributed by atoms with Crippen molar-refractivity contribution in [1.29, 1.82) is 0 Å². The van der Waals surface area contributed by atoms with Crippen LogP contribution < -0.4 is 4.74 Å². The number of benzene rings is 3. The van der Waals surface area contributed by atoms with Crippen LogP contribution in [0.3, 0.4) is 0 Å². The second-order valence-corrected chi connectivity index (χ2v) is 6.95. The molecule has 0 saturated heterocycles. The molecule has 0 fully saturated rings. The maximum absolute atomic E-state index is 12.9. The number of para-hydroxylation sites is 1. The summed E-state index contributed by atoms with van der Waals surface area (Å²) < 4.78 is 6.13. The van der Waals surface area contributed by atoms with Gasteiger partial charge in [-0.15, -0.1) is 0 Å². The number of phenolic OH excluding ortho intramolecular Hbond substituents is 3. The van der Waals surface area contributed by atoms with Gasteiger partial charge in [0.25, 0.3) is 0 Å². The molecule has 0 spiro atoms. The van der Waals surface area contributed by atoms with Crippen LogP contribution in [-0.4, -0.2) is 21.1 Å². The number of rotatable bonds is 3. The molecule has 0 unspecified atom stereocenters. The lowest BCUT2D eigenvalue weighted by molar-refractivity contribution is 0.0842. The monoisotopic (exact) mass is 376 g/mol. The van der Waals surface area contributed by atoms with E-state index < -0.39 is 6.10 Å². The van der Waals surface area contributed by atoms with E-state index in [-0.39, 0.29) is 52.7 Å². The van der Waals surface area contributed by atoms with Gasteiger partial charge in [0.2, 0.25) is 0 Å². The molecule has 1 aliphatic heterocycles. The van der Waals surface area contributed by atoms with Gasteiger partial charge >= 0.3 is 0 Å². The summed E-state index contributed by atoms with van der Waals surface area (Å²) in [5.41, 5.74) is 2.12. The summed E-state index contributed by atoms with van der Waals surface area (Å²) in [6, 6.07) is 16.2. The summed E-state index contributed by atoms with van der Waals surface area (Å²) in [5.74, 6) is -0.377. The molecule has 0 aliphatic carbocycles. The highest BCUT2D eigenvalue weighted by molar-refractivity contribution is 6.04. The molecule has 3 aromatic carbocycles. The number of fused-ring (bicyclic) bond motifs is 1. The number of Topliss-reactive ketones (excluding diaryl/α,β-unsaturated/α-hetero) is 1. The number of ether oxygens (including phenoxy) is 1. The van der Waals surface area contributed by atoms with Gasteiger partial charge in [-0.1, -0.05) is 48.5 Å². The normalized spacial score (nSPS) is 15.8. The quantitative estimate of drug-likeness (QED) is 0.630. The molecule has 0 bridgehead atoms. The lowest BCUT2D eigenvalue weighted by atomic mass is 9.89.